The molecule has 2 aromatic carbocycles. The topological polar surface area (TPSA) is 129 Å². The van der Waals surface area contributed by atoms with E-state index in [4.69, 9.17) is 18.6 Å². The average Bonchev–Trinajstić information content (AvgIpc) is 3.62. The number of thiazole rings is 1. The molecule has 0 aliphatic carbocycles. The first-order valence-electron chi connectivity index (χ1n) is 12.4. The normalized spacial score (nSPS) is 14.9. The highest BCUT2D eigenvalue weighted by Gasteiger charge is 2.31. The summed E-state index contributed by atoms with van der Waals surface area (Å²) in [5, 5.41) is 13.5. The molecular formula is C27H27N5O6S. The fourth-order valence-electron chi connectivity index (χ4n) is 3.98. The van der Waals surface area contributed by atoms with Gasteiger partial charge in [-0.05, 0) is 31.2 Å². The molecule has 1 fully saturated rings. The summed E-state index contributed by atoms with van der Waals surface area (Å²) in [4.78, 5) is 30.4. The smallest absolute Gasteiger partial charge is 0.311 e. The van der Waals surface area contributed by atoms with Gasteiger partial charge in [0.25, 0.3) is 5.91 Å². The molecule has 1 N–H and O–H groups in total. The van der Waals surface area contributed by atoms with Crippen LogP contribution in [0, 0.1) is 6.92 Å². The van der Waals surface area contributed by atoms with E-state index in [2.05, 4.69) is 20.5 Å². The number of amides is 1. The molecule has 1 aliphatic rings. The Morgan fingerprint density at radius 2 is 1.95 bits per heavy atom. The number of nitrogens with one attached hydrogen (secondary N) is 1. The predicted molar refractivity (Wildman–Crippen MR) is 143 cm³/mol. The summed E-state index contributed by atoms with van der Waals surface area (Å²) in [6.45, 7) is 4.46. The van der Waals surface area contributed by atoms with Crippen LogP contribution in [0.25, 0.3) is 11.5 Å². The minimum absolute atomic E-state index is 0.0637. The molecule has 3 heterocycles. The van der Waals surface area contributed by atoms with Crippen molar-refractivity contribution in [3.8, 4) is 28.7 Å². The molecule has 0 radical (unpaired) electrons. The van der Waals surface area contributed by atoms with Crippen LogP contribution in [0.1, 0.15) is 24.9 Å². The number of esters is 1. The van der Waals surface area contributed by atoms with E-state index in [0.29, 0.717) is 65.1 Å². The quantitative estimate of drug-likeness (QED) is 0.277. The number of hydrogen-bond donors (Lipinski definition) is 1. The molecule has 0 saturated carbocycles. The Morgan fingerprint density at radius 1 is 1.15 bits per heavy atom. The number of carbonyl (C=O) groups excluding carboxylic acids is 2. The molecule has 1 unspecified atom stereocenters. The summed E-state index contributed by atoms with van der Waals surface area (Å²) >= 11 is 1.36. The Bertz CT molecular complexity index is 1470. The van der Waals surface area contributed by atoms with E-state index in [1.807, 2.05) is 12.1 Å². The van der Waals surface area contributed by atoms with Gasteiger partial charge in [0.15, 0.2) is 11.2 Å². The van der Waals surface area contributed by atoms with Gasteiger partial charge in [0.1, 0.15) is 17.2 Å². The zero-order valence-corrected chi connectivity index (χ0v) is 22.5. The highest BCUT2D eigenvalue weighted by molar-refractivity contribution is 7.13. The van der Waals surface area contributed by atoms with Gasteiger partial charge in [0.2, 0.25) is 11.8 Å². The number of aryl methyl sites for hydroxylation is 1. The molecule has 1 aliphatic heterocycles. The number of likely N-dealkylation sites (tertiary alicyclic amines) is 1. The third kappa shape index (κ3) is 6.52. The molecular weight excluding hydrogens is 522 g/mol. The van der Waals surface area contributed by atoms with Crippen LogP contribution in [0.5, 0.6) is 17.2 Å². The van der Waals surface area contributed by atoms with Crippen molar-refractivity contribution in [1.82, 2.24) is 20.1 Å². The maximum atomic E-state index is 12.4. The minimum Gasteiger partial charge on any atom is -0.480 e. The van der Waals surface area contributed by atoms with E-state index >= 15 is 0 Å². The lowest BCUT2D eigenvalue weighted by atomic mass is 10.2. The summed E-state index contributed by atoms with van der Waals surface area (Å²) < 4.78 is 22.7. The summed E-state index contributed by atoms with van der Waals surface area (Å²) in [6.07, 6.45) is 0.134. The molecule has 2 aromatic heterocycles. The van der Waals surface area contributed by atoms with Crippen LogP contribution in [-0.2, 0) is 20.7 Å². The van der Waals surface area contributed by atoms with Crippen LogP contribution < -0.4 is 14.8 Å². The number of benzene rings is 2. The highest BCUT2D eigenvalue weighted by Crippen LogP contribution is 2.34. The highest BCUT2D eigenvalue weighted by atomic mass is 32.1. The second-order valence-corrected chi connectivity index (χ2v) is 9.71. The maximum absolute atomic E-state index is 12.4. The molecule has 202 valence electrons. The SMILES string of the molecule is CCOC(=O)Cc1csc(Nc2cc(Oc3ccc(-c4nnc(C)o4)cc3)cc(OC3CCN(C)C3=O)c2)n1. The van der Waals surface area contributed by atoms with Crippen LogP contribution in [0.4, 0.5) is 10.8 Å². The monoisotopic (exact) mass is 549 g/mol. The third-order valence-corrected chi connectivity index (χ3v) is 6.64. The van der Waals surface area contributed by atoms with Gasteiger partial charge in [-0.15, -0.1) is 21.5 Å². The first kappa shape index (κ1) is 26.2. The Kier molecular flexibility index (Phi) is 7.73. The number of aromatic nitrogens is 3. The zero-order valence-electron chi connectivity index (χ0n) is 21.7. The number of ether oxygens (including phenoxy) is 3. The van der Waals surface area contributed by atoms with Crippen LogP contribution in [-0.4, -0.2) is 58.3 Å². The van der Waals surface area contributed by atoms with Crippen molar-refractivity contribution >= 4 is 34.0 Å². The standard InChI is InChI=1S/C27H27N5O6S/c1-4-35-24(33)13-19-15-39-27(29-19)28-18-11-21(14-22(12-18)38-23-9-10-32(3)26(23)34)37-20-7-5-17(6-8-20)25-31-30-16(2)36-25/h5-8,11-12,14-15,23H,4,9-10,13H2,1-3H3,(H,28,29). The van der Waals surface area contributed by atoms with Crippen molar-refractivity contribution in [2.75, 3.05) is 25.5 Å². The van der Waals surface area contributed by atoms with E-state index in [-0.39, 0.29) is 18.3 Å². The maximum Gasteiger partial charge on any atom is 0.311 e. The molecule has 5 rings (SSSR count). The lowest BCUT2D eigenvalue weighted by Crippen LogP contribution is -2.29. The van der Waals surface area contributed by atoms with E-state index in [1.165, 1.54) is 11.3 Å². The molecule has 1 saturated heterocycles. The molecule has 12 heteroatoms. The number of hydrogen-bond acceptors (Lipinski definition) is 11. The van der Waals surface area contributed by atoms with Gasteiger partial charge in [-0.1, -0.05) is 0 Å². The minimum atomic E-state index is -0.564. The zero-order chi connectivity index (χ0) is 27.4. The fraction of sp³-hybridized carbons (Fsp3) is 0.296. The van der Waals surface area contributed by atoms with Crippen molar-refractivity contribution in [2.24, 2.45) is 0 Å². The second-order valence-electron chi connectivity index (χ2n) is 8.85. The van der Waals surface area contributed by atoms with E-state index in [0.717, 1.165) is 5.56 Å². The van der Waals surface area contributed by atoms with Gasteiger partial charge >= 0.3 is 5.97 Å². The summed E-state index contributed by atoms with van der Waals surface area (Å²) in [5.74, 6) is 2.09. The van der Waals surface area contributed by atoms with Crippen molar-refractivity contribution in [3.63, 3.8) is 0 Å². The summed E-state index contributed by atoms with van der Waals surface area (Å²) in [7, 11) is 1.76. The van der Waals surface area contributed by atoms with Crippen molar-refractivity contribution < 1.29 is 28.2 Å². The molecule has 4 aromatic rings. The van der Waals surface area contributed by atoms with Gasteiger partial charge < -0.3 is 28.8 Å². The van der Waals surface area contributed by atoms with Gasteiger partial charge in [-0.25, -0.2) is 4.98 Å². The van der Waals surface area contributed by atoms with Crippen LogP contribution in [0.15, 0.2) is 52.3 Å². The molecule has 39 heavy (non-hydrogen) atoms. The first-order valence-corrected chi connectivity index (χ1v) is 13.3. The average molecular weight is 550 g/mol. The number of likely N-dealkylation sites (N-methyl/N-ethyl adjacent to an activating group) is 1. The number of anilines is 2. The van der Waals surface area contributed by atoms with Crippen molar-refractivity contribution in [3.05, 3.63) is 59.4 Å². The molecule has 1 amide bonds. The number of rotatable bonds is 10. The van der Waals surface area contributed by atoms with Gasteiger partial charge in [-0.2, -0.15) is 0 Å². The van der Waals surface area contributed by atoms with Crippen LogP contribution >= 0.6 is 11.3 Å². The predicted octanol–water partition coefficient (Wildman–Crippen LogP) is 4.75. The van der Waals surface area contributed by atoms with E-state index < -0.39 is 6.10 Å². The second kappa shape index (κ2) is 11.5. The molecule has 1 atom stereocenters. The van der Waals surface area contributed by atoms with Crippen molar-refractivity contribution in [2.45, 2.75) is 32.8 Å². The summed E-state index contributed by atoms with van der Waals surface area (Å²) in [6, 6.07) is 12.6. The van der Waals surface area contributed by atoms with Gasteiger partial charge in [-0.3, -0.25) is 9.59 Å². The van der Waals surface area contributed by atoms with Gasteiger partial charge in [0, 0.05) is 61.8 Å². The molecule has 0 bridgehead atoms. The van der Waals surface area contributed by atoms with Crippen LogP contribution in [0.2, 0.25) is 0 Å². The fourth-order valence-corrected chi connectivity index (χ4v) is 4.71. The van der Waals surface area contributed by atoms with Crippen LogP contribution in [0.3, 0.4) is 0 Å². The third-order valence-electron chi connectivity index (χ3n) is 5.83. The van der Waals surface area contributed by atoms with E-state index in [1.54, 1.807) is 61.5 Å². The Labute approximate surface area is 228 Å². The largest absolute Gasteiger partial charge is 0.480 e. The molecule has 0 spiro atoms. The molecule has 11 nitrogen and oxygen atoms in total. The Hall–Kier alpha value is -4.45. The Morgan fingerprint density at radius 3 is 2.64 bits per heavy atom. The first-order chi connectivity index (χ1) is 18.9. The van der Waals surface area contributed by atoms with E-state index in [9.17, 15) is 9.59 Å². The van der Waals surface area contributed by atoms with Gasteiger partial charge in [0.05, 0.1) is 18.7 Å². The lowest BCUT2D eigenvalue weighted by Gasteiger charge is -2.16. The number of carbonyl (C=O) groups is 2. The summed E-state index contributed by atoms with van der Waals surface area (Å²) in [5.41, 5.74) is 2.03. The Balaban J connectivity index is 1.36. The lowest BCUT2D eigenvalue weighted by molar-refractivity contribution is -0.142. The van der Waals surface area contributed by atoms with Crippen molar-refractivity contribution in [1.29, 1.82) is 0 Å². The number of nitrogens with zero attached hydrogens (tertiary/aromatic N) is 4.